The van der Waals surface area contributed by atoms with E-state index in [1.807, 2.05) is 28.9 Å². The smallest absolute Gasteiger partial charge is 0.255 e. The number of H-pyrrole nitrogens is 1. The van der Waals surface area contributed by atoms with E-state index < -0.39 is 0 Å². The molecular weight excluding hydrogens is 302 g/mol. The Bertz CT molecular complexity index is 729. The Morgan fingerprint density at radius 2 is 1.75 bits per heavy atom. The van der Waals surface area contributed by atoms with Crippen LogP contribution >= 0.6 is 0 Å². The quantitative estimate of drug-likeness (QED) is 0.940. The van der Waals surface area contributed by atoms with Gasteiger partial charge in [-0.2, -0.15) is 0 Å². The molecule has 3 rings (SSSR count). The molecule has 2 heterocycles. The van der Waals surface area contributed by atoms with Gasteiger partial charge in [0.05, 0.1) is 12.0 Å². The van der Waals surface area contributed by atoms with Gasteiger partial charge in [-0.25, -0.2) is 0 Å². The third-order valence-electron chi connectivity index (χ3n) is 4.60. The number of aromatic nitrogens is 1. The van der Waals surface area contributed by atoms with E-state index in [0.717, 1.165) is 11.1 Å². The second kappa shape index (κ2) is 6.91. The molecule has 5 heteroatoms. The fourth-order valence-electron chi connectivity index (χ4n) is 3.12. The first-order valence-electron chi connectivity index (χ1n) is 8.30. The normalized spacial score (nSPS) is 14.8. The van der Waals surface area contributed by atoms with Crippen LogP contribution in [-0.2, 0) is 11.2 Å². The molecule has 1 aliphatic rings. The molecule has 0 aliphatic carbocycles. The van der Waals surface area contributed by atoms with Crippen molar-refractivity contribution in [3.8, 4) is 0 Å². The van der Waals surface area contributed by atoms with E-state index in [1.54, 1.807) is 18.5 Å². The van der Waals surface area contributed by atoms with Crippen LogP contribution < -0.4 is 0 Å². The number of amides is 2. The average molecular weight is 325 g/mol. The summed E-state index contributed by atoms with van der Waals surface area (Å²) < 4.78 is 0. The topological polar surface area (TPSA) is 56.4 Å². The van der Waals surface area contributed by atoms with Crippen LogP contribution in [0.3, 0.4) is 0 Å². The summed E-state index contributed by atoms with van der Waals surface area (Å²) in [7, 11) is 0. The number of rotatable bonds is 3. The minimum Gasteiger partial charge on any atom is -0.367 e. The van der Waals surface area contributed by atoms with Crippen LogP contribution in [0.2, 0.25) is 0 Å². The summed E-state index contributed by atoms with van der Waals surface area (Å²) in [6.45, 7) is 6.47. The highest BCUT2D eigenvalue weighted by atomic mass is 16.2. The lowest BCUT2D eigenvalue weighted by Crippen LogP contribution is -2.51. The molecule has 126 valence electrons. The van der Waals surface area contributed by atoms with Crippen molar-refractivity contribution in [1.29, 1.82) is 0 Å². The molecule has 2 amide bonds. The van der Waals surface area contributed by atoms with Crippen LogP contribution in [0.4, 0.5) is 0 Å². The predicted octanol–water partition coefficient (Wildman–Crippen LogP) is 2.16. The number of nitrogens with zero attached hydrogens (tertiary/aromatic N) is 2. The van der Waals surface area contributed by atoms with E-state index >= 15 is 0 Å². The molecule has 1 aromatic carbocycles. The lowest BCUT2D eigenvalue weighted by Gasteiger charge is -2.34. The molecule has 1 aromatic heterocycles. The zero-order valence-electron chi connectivity index (χ0n) is 14.2. The zero-order valence-corrected chi connectivity index (χ0v) is 14.2. The summed E-state index contributed by atoms with van der Waals surface area (Å²) in [5.41, 5.74) is 4.12. The van der Waals surface area contributed by atoms with Crippen LogP contribution in [-0.4, -0.2) is 52.8 Å². The van der Waals surface area contributed by atoms with E-state index in [2.05, 4.69) is 18.0 Å². The van der Waals surface area contributed by atoms with Crippen LogP contribution in [0.15, 0.2) is 36.7 Å². The molecule has 1 fully saturated rings. The number of benzene rings is 1. The number of nitrogens with one attached hydrogen (secondary N) is 1. The van der Waals surface area contributed by atoms with Gasteiger partial charge in [-0.3, -0.25) is 9.59 Å². The highest BCUT2D eigenvalue weighted by Crippen LogP contribution is 2.14. The van der Waals surface area contributed by atoms with E-state index in [-0.39, 0.29) is 11.8 Å². The average Bonchev–Trinajstić information content (AvgIpc) is 3.11. The first-order valence-corrected chi connectivity index (χ1v) is 8.30. The first-order chi connectivity index (χ1) is 11.5. The van der Waals surface area contributed by atoms with Gasteiger partial charge in [0.2, 0.25) is 5.91 Å². The van der Waals surface area contributed by atoms with Crippen molar-refractivity contribution >= 4 is 11.8 Å². The molecule has 0 saturated carbocycles. The number of carbonyl (C=O) groups is 2. The van der Waals surface area contributed by atoms with Crippen molar-refractivity contribution < 1.29 is 9.59 Å². The van der Waals surface area contributed by atoms with Crippen LogP contribution in [0.5, 0.6) is 0 Å². The molecule has 1 saturated heterocycles. The Balaban J connectivity index is 1.56. The Morgan fingerprint density at radius 3 is 2.38 bits per heavy atom. The molecule has 0 unspecified atom stereocenters. The van der Waals surface area contributed by atoms with Crippen molar-refractivity contribution in [2.45, 2.75) is 20.3 Å². The number of aryl methyl sites for hydroxylation is 2. The molecule has 24 heavy (non-hydrogen) atoms. The second-order valence-corrected chi connectivity index (χ2v) is 6.38. The van der Waals surface area contributed by atoms with Gasteiger partial charge >= 0.3 is 0 Å². The number of hydrogen-bond acceptors (Lipinski definition) is 2. The predicted molar refractivity (Wildman–Crippen MR) is 92.9 cm³/mol. The van der Waals surface area contributed by atoms with Crippen molar-refractivity contribution in [3.05, 3.63) is 58.9 Å². The first kappa shape index (κ1) is 16.3. The molecule has 0 atom stereocenters. The van der Waals surface area contributed by atoms with Crippen molar-refractivity contribution in [3.63, 3.8) is 0 Å². The highest BCUT2D eigenvalue weighted by molar-refractivity contribution is 5.94. The second-order valence-electron chi connectivity index (χ2n) is 6.38. The summed E-state index contributed by atoms with van der Waals surface area (Å²) >= 11 is 0. The molecule has 5 nitrogen and oxygen atoms in total. The summed E-state index contributed by atoms with van der Waals surface area (Å²) in [6.07, 6.45) is 3.88. The molecule has 0 radical (unpaired) electrons. The fourth-order valence-corrected chi connectivity index (χ4v) is 3.12. The minimum absolute atomic E-state index is 0.0257. The van der Waals surface area contributed by atoms with E-state index in [9.17, 15) is 9.59 Å². The maximum atomic E-state index is 12.5. The van der Waals surface area contributed by atoms with Crippen LogP contribution in [0.25, 0.3) is 0 Å². The van der Waals surface area contributed by atoms with Crippen molar-refractivity contribution in [2.75, 3.05) is 26.2 Å². The Kier molecular flexibility index (Phi) is 4.69. The van der Waals surface area contributed by atoms with Crippen molar-refractivity contribution in [1.82, 2.24) is 14.8 Å². The Hall–Kier alpha value is -2.56. The van der Waals surface area contributed by atoms with Crippen molar-refractivity contribution in [2.24, 2.45) is 0 Å². The van der Waals surface area contributed by atoms with Gasteiger partial charge in [-0.15, -0.1) is 0 Å². The van der Waals surface area contributed by atoms with Gasteiger partial charge in [-0.1, -0.05) is 23.8 Å². The maximum Gasteiger partial charge on any atom is 0.255 e. The van der Waals surface area contributed by atoms with Gasteiger partial charge < -0.3 is 14.8 Å². The lowest BCUT2D eigenvalue weighted by atomic mass is 10.0. The minimum atomic E-state index is 0.0257. The summed E-state index contributed by atoms with van der Waals surface area (Å²) in [5.74, 6) is 0.161. The molecular formula is C19H23N3O2. The van der Waals surface area contributed by atoms with E-state index in [1.165, 1.54) is 5.56 Å². The van der Waals surface area contributed by atoms with Gasteiger partial charge in [0, 0.05) is 38.6 Å². The molecule has 1 aliphatic heterocycles. The number of carbonyl (C=O) groups excluding carboxylic acids is 2. The summed E-state index contributed by atoms with van der Waals surface area (Å²) in [4.78, 5) is 31.4. The third-order valence-corrected chi connectivity index (χ3v) is 4.60. The Morgan fingerprint density at radius 1 is 1.04 bits per heavy atom. The standard InChI is InChI=1S/C19H23N3O2/c1-14-3-4-16(15(2)11-14)12-18(23)21-7-9-22(10-8-21)19(24)17-5-6-20-13-17/h3-6,11,13,20H,7-10,12H2,1-2H3. The molecule has 2 aromatic rings. The monoisotopic (exact) mass is 325 g/mol. The Labute approximate surface area is 142 Å². The van der Waals surface area contributed by atoms with E-state index in [0.29, 0.717) is 38.2 Å². The number of aromatic amines is 1. The number of hydrogen-bond donors (Lipinski definition) is 1. The van der Waals surface area contributed by atoms with Gasteiger partial charge in [0.1, 0.15) is 0 Å². The fraction of sp³-hybridized carbons (Fsp3) is 0.368. The maximum absolute atomic E-state index is 12.5. The van der Waals surface area contributed by atoms with Gasteiger partial charge in [-0.05, 0) is 31.0 Å². The lowest BCUT2D eigenvalue weighted by molar-refractivity contribution is -0.131. The van der Waals surface area contributed by atoms with Crippen LogP contribution in [0, 0.1) is 13.8 Å². The van der Waals surface area contributed by atoms with Gasteiger partial charge in [0.15, 0.2) is 0 Å². The SMILES string of the molecule is Cc1ccc(CC(=O)N2CCN(C(=O)c3cc[nH]c3)CC2)c(C)c1. The summed E-state index contributed by atoms with van der Waals surface area (Å²) in [6, 6.07) is 7.97. The third kappa shape index (κ3) is 3.50. The largest absolute Gasteiger partial charge is 0.367 e. The van der Waals surface area contributed by atoms with Gasteiger partial charge in [0.25, 0.3) is 5.91 Å². The highest BCUT2D eigenvalue weighted by Gasteiger charge is 2.25. The van der Waals surface area contributed by atoms with E-state index in [4.69, 9.17) is 0 Å². The number of piperazine rings is 1. The molecule has 0 spiro atoms. The van der Waals surface area contributed by atoms with Crippen LogP contribution in [0.1, 0.15) is 27.0 Å². The molecule has 0 bridgehead atoms. The molecule has 1 N–H and O–H groups in total. The zero-order chi connectivity index (χ0) is 17.1. The summed E-state index contributed by atoms with van der Waals surface area (Å²) in [5, 5.41) is 0.